The molecule has 100 valence electrons. The van der Waals surface area contributed by atoms with Crippen molar-refractivity contribution in [2.24, 2.45) is 0 Å². The van der Waals surface area contributed by atoms with E-state index in [1.54, 1.807) is 12.1 Å². The standard InChI is InChI=1S/C16H11BrO3/c1-8-4-11-12-7-19-14-6-9(18)2-3-10(14)15(12)20-16(11)13(17)5-8/h2-6,18H,7H2,1H3. The summed E-state index contributed by atoms with van der Waals surface area (Å²) in [4.78, 5) is 0. The summed E-state index contributed by atoms with van der Waals surface area (Å²) in [7, 11) is 0. The van der Waals surface area contributed by atoms with E-state index in [1.165, 1.54) is 5.56 Å². The number of ether oxygens (including phenoxy) is 1. The second-order valence-electron chi connectivity index (χ2n) is 5.00. The van der Waals surface area contributed by atoms with Gasteiger partial charge in [0, 0.05) is 17.0 Å². The van der Waals surface area contributed by atoms with E-state index >= 15 is 0 Å². The van der Waals surface area contributed by atoms with Crippen LogP contribution in [0.15, 0.2) is 39.2 Å². The van der Waals surface area contributed by atoms with Crippen LogP contribution in [-0.2, 0) is 6.61 Å². The zero-order chi connectivity index (χ0) is 13.9. The smallest absolute Gasteiger partial charge is 0.149 e. The zero-order valence-corrected chi connectivity index (χ0v) is 12.3. The minimum Gasteiger partial charge on any atom is -0.508 e. The number of phenols is 1. The molecule has 0 aliphatic carbocycles. The summed E-state index contributed by atoms with van der Waals surface area (Å²) in [6, 6.07) is 9.23. The summed E-state index contributed by atoms with van der Waals surface area (Å²) in [5.74, 6) is 1.68. The number of hydrogen-bond donors (Lipinski definition) is 1. The first-order chi connectivity index (χ1) is 9.63. The fourth-order valence-electron chi connectivity index (χ4n) is 2.67. The average Bonchev–Trinajstić information content (AvgIpc) is 2.77. The Labute approximate surface area is 123 Å². The van der Waals surface area contributed by atoms with Crippen molar-refractivity contribution in [3.8, 4) is 22.8 Å². The number of fused-ring (bicyclic) bond motifs is 5. The van der Waals surface area contributed by atoms with E-state index in [0.717, 1.165) is 32.3 Å². The fraction of sp³-hybridized carbons (Fsp3) is 0.125. The largest absolute Gasteiger partial charge is 0.508 e. The van der Waals surface area contributed by atoms with Crippen LogP contribution in [0.25, 0.3) is 22.3 Å². The van der Waals surface area contributed by atoms with Crippen molar-refractivity contribution < 1.29 is 14.3 Å². The lowest BCUT2D eigenvalue weighted by molar-refractivity contribution is 0.298. The average molecular weight is 331 g/mol. The fourth-order valence-corrected chi connectivity index (χ4v) is 3.33. The van der Waals surface area contributed by atoms with Gasteiger partial charge in [0.15, 0.2) is 0 Å². The molecular weight excluding hydrogens is 320 g/mol. The molecule has 0 fully saturated rings. The van der Waals surface area contributed by atoms with E-state index in [9.17, 15) is 5.11 Å². The third-order valence-corrected chi connectivity index (χ3v) is 4.16. The molecule has 4 rings (SSSR count). The van der Waals surface area contributed by atoms with Crippen LogP contribution in [0.1, 0.15) is 11.1 Å². The molecule has 0 saturated carbocycles. The second-order valence-corrected chi connectivity index (χ2v) is 5.86. The van der Waals surface area contributed by atoms with Gasteiger partial charge in [0.1, 0.15) is 29.4 Å². The van der Waals surface area contributed by atoms with Gasteiger partial charge in [0.25, 0.3) is 0 Å². The Balaban J connectivity index is 2.07. The number of phenolic OH excluding ortho intramolecular Hbond substituents is 1. The summed E-state index contributed by atoms with van der Waals surface area (Å²) < 4.78 is 12.7. The second kappa shape index (κ2) is 4.03. The lowest BCUT2D eigenvalue weighted by Gasteiger charge is -2.16. The van der Waals surface area contributed by atoms with Crippen LogP contribution < -0.4 is 4.74 Å². The van der Waals surface area contributed by atoms with Gasteiger partial charge in [-0.3, -0.25) is 0 Å². The molecule has 2 aromatic carbocycles. The lowest BCUT2D eigenvalue weighted by atomic mass is 10.0. The number of halogens is 1. The van der Waals surface area contributed by atoms with Crippen molar-refractivity contribution in [1.29, 1.82) is 0 Å². The van der Waals surface area contributed by atoms with E-state index in [-0.39, 0.29) is 5.75 Å². The van der Waals surface area contributed by atoms with Crippen LogP contribution in [0.3, 0.4) is 0 Å². The Hall–Kier alpha value is -1.94. The predicted octanol–water partition coefficient (Wildman–Crippen LogP) is 4.77. The number of aryl methyl sites for hydroxylation is 1. The Morgan fingerprint density at radius 2 is 2.05 bits per heavy atom. The molecule has 0 radical (unpaired) electrons. The van der Waals surface area contributed by atoms with Crippen LogP contribution >= 0.6 is 15.9 Å². The summed E-state index contributed by atoms with van der Waals surface area (Å²) in [6.45, 7) is 2.51. The molecule has 1 aliphatic rings. The number of hydrogen-bond acceptors (Lipinski definition) is 3. The molecule has 0 saturated heterocycles. The molecule has 1 aromatic heterocycles. The van der Waals surface area contributed by atoms with Gasteiger partial charge in [-0.15, -0.1) is 0 Å². The Kier molecular flexibility index (Phi) is 2.39. The third-order valence-electron chi connectivity index (χ3n) is 3.57. The third kappa shape index (κ3) is 1.58. The molecule has 0 unspecified atom stereocenters. The van der Waals surface area contributed by atoms with Gasteiger partial charge in [0.05, 0.1) is 10.0 Å². The van der Waals surface area contributed by atoms with Crippen LogP contribution in [0.2, 0.25) is 0 Å². The SMILES string of the molecule is Cc1cc(Br)c2oc3c(c2c1)COc1cc(O)ccc1-3. The van der Waals surface area contributed by atoms with Crippen molar-refractivity contribution in [3.63, 3.8) is 0 Å². The van der Waals surface area contributed by atoms with Gasteiger partial charge in [-0.1, -0.05) is 0 Å². The first kappa shape index (κ1) is 11.9. The summed E-state index contributed by atoms with van der Waals surface area (Å²) in [6.07, 6.45) is 0. The van der Waals surface area contributed by atoms with Crippen molar-refractivity contribution in [2.75, 3.05) is 0 Å². The molecule has 0 spiro atoms. The molecule has 3 aromatic rings. The van der Waals surface area contributed by atoms with Gasteiger partial charge in [-0.2, -0.15) is 0 Å². The van der Waals surface area contributed by atoms with E-state index in [4.69, 9.17) is 9.15 Å². The quantitative estimate of drug-likeness (QED) is 0.645. The molecule has 3 nitrogen and oxygen atoms in total. The minimum absolute atomic E-state index is 0.195. The molecule has 20 heavy (non-hydrogen) atoms. The first-order valence-electron chi connectivity index (χ1n) is 6.31. The van der Waals surface area contributed by atoms with Gasteiger partial charge in [-0.25, -0.2) is 0 Å². The Morgan fingerprint density at radius 3 is 2.90 bits per heavy atom. The van der Waals surface area contributed by atoms with Crippen LogP contribution in [-0.4, -0.2) is 5.11 Å². The highest BCUT2D eigenvalue weighted by Crippen LogP contribution is 2.45. The molecule has 0 amide bonds. The lowest BCUT2D eigenvalue weighted by Crippen LogP contribution is -2.03. The highest BCUT2D eigenvalue weighted by Gasteiger charge is 2.25. The summed E-state index contributed by atoms with van der Waals surface area (Å²) in [5.41, 5.74) is 3.95. The van der Waals surface area contributed by atoms with Crippen molar-refractivity contribution in [3.05, 3.63) is 45.9 Å². The molecule has 0 bridgehead atoms. The minimum atomic E-state index is 0.195. The predicted molar refractivity (Wildman–Crippen MR) is 80.1 cm³/mol. The first-order valence-corrected chi connectivity index (χ1v) is 7.10. The number of aromatic hydroxyl groups is 1. The summed E-state index contributed by atoms with van der Waals surface area (Å²) in [5, 5.41) is 10.6. The van der Waals surface area contributed by atoms with E-state index in [2.05, 4.69) is 28.9 Å². The molecule has 4 heteroatoms. The molecular formula is C16H11BrO3. The maximum Gasteiger partial charge on any atom is 0.149 e. The Bertz CT molecular complexity index is 849. The number of furan rings is 1. The van der Waals surface area contributed by atoms with E-state index in [0.29, 0.717) is 12.4 Å². The molecule has 0 atom stereocenters. The van der Waals surface area contributed by atoms with E-state index < -0.39 is 0 Å². The van der Waals surface area contributed by atoms with Crippen LogP contribution in [0, 0.1) is 6.92 Å². The zero-order valence-electron chi connectivity index (χ0n) is 10.7. The van der Waals surface area contributed by atoms with Gasteiger partial charge < -0.3 is 14.3 Å². The van der Waals surface area contributed by atoms with Crippen LogP contribution in [0.4, 0.5) is 0 Å². The molecule has 1 N–H and O–H groups in total. The van der Waals surface area contributed by atoms with Gasteiger partial charge in [0.2, 0.25) is 0 Å². The highest BCUT2D eigenvalue weighted by atomic mass is 79.9. The van der Waals surface area contributed by atoms with Crippen LogP contribution in [0.5, 0.6) is 11.5 Å². The molecule has 2 heterocycles. The summed E-state index contributed by atoms with van der Waals surface area (Å²) >= 11 is 3.55. The maximum absolute atomic E-state index is 9.54. The van der Waals surface area contributed by atoms with Gasteiger partial charge in [-0.05, 0) is 52.7 Å². The van der Waals surface area contributed by atoms with Crippen molar-refractivity contribution in [2.45, 2.75) is 13.5 Å². The van der Waals surface area contributed by atoms with Crippen molar-refractivity contribution >= 4 is 26.9 Å². The number of benzene rings is 2. The topological polar surface area (TPSA) is 42.6 Å². The van der Waals surface area contributed by atoms with Gasteiger partial charge >= 0.3 is 0 Å². The highest BCUT2D eigenvalue weighted by molar-refractivity contribution is 9.10. The van der Waals surface area contributed by atoms with E-state index in [1.807, 2.05) is 12.1 Å². The normalized spacial score (nSPS) is 12.9. The number of rotatable bonds is 0. The maximum atomic E-state index is 9.54. The molecule has 1 aliphatic heterocycles. The monoisotopic (exact) mass is 330 g/mol. The Morgan fingerprint density at radius 1 is 1.20 bits per heavy atom. The van der Waals surface area contributed by atoms with Crippen molar-refractivity contribution in [1.82, 2.24) is 0 Å².